The van der Waals surface area contributed by atoms with Crippen LogP contribution in [0.3, 0.4) is 0 Å². The summed E-state index contributed by atoms with van der Waals surface area (Å²) in [6.45, 7) is -1.39. The van der Waals surface area contributed by atoms with Crippen molar-refractivity contribution in [2.45, 2.75) is 37.5 Å². The molecule has 2 aromatic carbocycles. The van der Waals surface area contributed by atoms with Gasteiger partial charge in [0.15, 0.2) is 0 Å². The summed E-state index contributed by atoms with van der Waals surface area (Å²) in [5.74, 6) is -6.66. The molecule has 0 saturated heterocycles. The van der Waals surface area contributed by atoms with Crippen LogP contribution in [0.5, 0.6) is 0 Å². The molecule has 0 heterocycles. The van der Waals surface area contributed by atoms with Crippen molar-refractivity contribution in [1.29, 1.82) is 0 Å². The third-order valence-electron chi connectivity index (χ3n) is 6.70. The third-order valence-corrected chi connectivity index (χ3v) is 6.70. The summed E-state index contributed by atoms with van der Waals surface area (Å²) in [5, 5.41) is 13.1. The lowest BCUT2D eigenvalue weighted by atomic mass is 9.66. The SMILES string of the molecule is O=C(O)CC1(CNC(=O)C(F)(F)CNC(=O)OCC2c3ccccc3-c3ccccc32)CCC1. The smallest absolute Gasteiger partial charge is 0.407 e. The number of alkyl halides is 2. The van der Waals surface area contributed by atoms with Gasteiger partial charge in [-0.15, -0.1) is 0 Å². The molecule has 0 aliphatic heterocycles. The largest absolute Gasteiger partial charge is 0.481 e. The number of ether oxygens (including phenoxy) is 1. The summed E-state index contributed by atoms with van der Waals surface area (Å²) < 4.78 is 33.8. The highest BCUT2D eigenvalue weighted by atomic mass is 19.3. The van der Waals surface area contributed by atoms with E-state index in [2.05, 4.69) is 5.32 Å². The van der Waals surface area contributed by atoms with Gasteiger partial charge in [0.25, 0.3) is 5.91 Å². The van der Waals surface area contributed by atoms with E-state index in [0.717, 1.165) is 28.7 Å². The first-order valence-electron chi connectivity index (χ1n) is 11.2. The predicted molar refractivity (Wildman–Crippen MR) is 120 cm³/mol. The van der Waals surface area contributed by atoms with Crippen LogP contribution in [-0.4, -0.2) is 48.7 Å². The van der Waals surface area contributed by atoms with Crippen LogP contribution >= 0.6 is 0 Å². The first-order valence-corrected chi connectivity index (χ1v) is 11.2. The fourth-order valence-electron chi connectivity index (χ4n) is 4.72. The van der Waals surface area contributed by atoms with E-state index in [0.29, 0.717) is 12.8 Å². The zero-order valence-electron chi connectivity index (χ0n) is 18.5. The van der Waals surface area contributed by atoms with Gasteiger partial charge in [-0.3, -0.25) is 9.59 Å². The molecule has 0 radical (unpaired) electrons. The van der Waals surface area contributed by atoms with E-state index in [4.69, 9.17) is 9.84 Å². The van der Waals surface area contributed by atoms with E-state index < -0.39 is 35.9 Å². The van der Waals surface area contributed by atoms with Gasteiger partial charge in [0, 0.05) is 12.5 Å². The van der Waals surface area contributed by atoms with Crippen molar-refractivity contribution in [2.75, 3.05) is 19.7 Å². The lowest BCUT2D eigenvalue weighted by Crippen LogP contribution is -2.52. The fourth-order valence-corrected chi connectivity index (χ4v) is 4.72. The number of rotatable bonds is 9. The lowest BCUT2D eigenvalue weighted by molar-refractivity contribution is -0.147. The molecule has 2 amide bonds. The zero-order valence-corrected chi connectivity index (χ0v) is 18.5. The Morgan fingerprint density at radius 2 is 1.59 bits per heavy atom. The summed E-state index contributed by atoms with van der Waals surface area (Å²) in [6, 6.07) is 15.5. The number of carbonyl (C=O) groups excluding carboxylic acids is 2. The van der Waals surface area contributed by atoms with Crippen LogP contribution in [0.4, 0.5) is 13.6 Å². The maximum Gasteiger partial charge on any atom is 0.407 e. The molecule has 9 heteroatoms. The molecule has 1 fully saturated rings. The van der Waals surface area contributed by atoms with Crippen molar-refractivity contribution in [3.63, 3.8) is 0 Å². The molecule has 180 valence electrons. The molecule has 2 aliphatic carbocycles. The molecule has 0 bridgehead atoms. The lowest BCUT2D eigenvalue weighted by Gasteiger charge is -2.41. The van der Waals surface area contributed by atoms with Gasteiger partial charge in [0.2, 0.25) is 0 Å². The van der Waals surface area contributed by atoms with Gasteiger partial charge in [0.1, 0.15) is 6.61 Å². The second-order valence-corrected chi connectivity index (χ2v) is 8.99. The molecule has 7 nitrogen and oxygen atoms in total. The maximum absolute atomic E-state index is 14.3. The highest BCUT2D eigenvalue weighted by Gasteiger charge is 2.43. The van der Waals surface area contributed by atoms with Crippen LogP contribution in [0.2, 0.25) is 0 Å². The van der Waals surface area contributed by atoms with Gasteiger partial charge in [-0.2, -0.15) is 8.78 Å². The van der Waals surface area contributed by atoms with Gasteiger partial charge in [-0.25, -0.2) is 4.79 Å². The van der Waals surface area contributed by atoms with Gasteiger partial charge >= 0.3 is 18.0 Å². The molecule has 3 N–H and O–H groups in total. The van der Waals surface area contributed by atoms with Crippen molar-refractivity contribution < 1.29 is 33.0 Å². The van der Waals surface area contributed by atoms with Crippen LogP contribution < -0.4 is 10.6 Å². The van der Waals surface area contributed by atoms with E-state index in [9.17, 15) is 23.2 Å². The number of aliphatic carboxylic acids is 1. The number of nitrogens with one attached hydrogen (secondary N) is 2. The zero-order chi connectivity index (χ0) is 24.3. The number of amides is 2. The number of carboxylic acids is 1. The summed E-state index contributed by atoms with van der Waals surface area (Å²) >= 11 is 0. The van der Waals surface area contributed by atoms with E-state index >= 15 is 0 Å². The molecule has 0 unspecified atom stereocenters. The van der Waals surface area contributed by atoms with Crippen molar-refractivity contribution in [3.05, 3.63) is 59.7 Å². The van der Waals surface area contributed by atoms with Gasteiger partial charge in [-0.1, -0.05) is 55.0 Å². The minimum absolute atomic E-state index is 0.0324. The van der Waals surface area contributed by atoms with Gasteiger partial charge < -0.3 is 20.5 Å². The number of carboxylic acid groups (broad SMARTS) is 1. The molecule has 1 saturated carbocycles. The quantitative estimate of drug-likeness (QED) is 0.513. The van der Waals surface area contributed by atoms with Crippen molar-refractivity contribution in [3.8, 4) is 11.1 Å². The molecule has 4 rings (SSSR count). The van der Waals surface area contributed by atoms with Crippen LogP contribution in [0.15, 0.2) is 48.5 Å². The Kier molecular flexibility index (Phi) is 6.54. The maximum atomic E-state index is 14.3. The van der Waals surface area contributed by atoms with Crippen molar-refractivity contribution >= 4 is 18.0 Å². The first kappa shape index (κ1) is 23.7. The van der Waals surface area contributed by atoms with E-state index in [1.807, 2.05) is 53.8 Å². The average Bonchev–Trinajstić information content (AvgIpc) is 3.11. The second-order valence-electron chi connectivity index (χ2n) is 8.99. The Bertz CT molecular complexity index is 1050. The monoisotopic (exact) mass is 472 g/mol. The van der Waals surface area contributed by atoms with E-state index in [1.54, 1.807) is 0 Å². The Hall–Kier alpha value is -3.49. The van der Waals surface area contributed by atoms with Gasteiger partial charge in [-0.05, 0) is 40.5 Å². The van der Waals surface area contributed by atoms with E-state index in [-0.39, 0.29) is 25.5 Å². The summed E-state index contributed by atoms with van der Waals surface area (Å²) in [4.78, 5) is 35.1. The third kappa shape index (κ3) is 4.88. The number of fused-ring (bicyclic) bond motifs is 3. The second kappa shape index (κ2) is 9.40. The Morgan fingerprint density at radius 1 is 1.00 bits per heavy atom. The summed E-state index contributed by atoms with van der Waals surface area (Å²) in [5.41, 5.74) is 3.39. The standard InChI is InChI=1S/C25H26F2N2O5/c26-25(27,22(32)28-14-24(10-5-11-24)12-21(30)31)15-29-23(33)34-13-20-18-8-3-1-6-16(18)17-7-2-4-9-19(17)20/h1-4,6-9,20H,5,10-15H2,(H,28,32)(H,29,33)(H,30,31). The average molecular weight is 472 g/mol. The van der Waals surface area contributed by atoms with E-state index in [1.165, 1.54) is 0 Å². The van der Waals surface area contributed by atoms with Crippen molar-refractivity contribution in [1.82, 2.24) is 10.6 Å². The molecule has 0 aromatic heterocycles. The van der Waals surface area contributed by atoms with Crippen molar-refractivity contribution in [2.24, 2.45) is 5.41 Å². The van der Waals surface area contributed by atoms with Crippen LogP contribution in [0, 0.1) is 5.41 Å². The summed E-state index contributed by atoms with van der Waals surface area (Å²) in [7, 11) is 0. The Labute approximate surface area is 195 Å². The minimum atomic E-state index is -3.86. The number of alkyl carbamates (subject to hydrolysis) is 1. The highest BCUT2D eigenvalue weighted by molar-refractivity contribution is 5.84. The van der Waals surface area contributed by atoms with Crippen LogP contribution in [0.25, 0.3) is 11.1 Å². The molecule has 2 aliphatic rings. The first-order chi connectivity index (χ1) is 16.2. The predicted octanol–water partition coefficient (Wildman–Crippen LogP) is 3.92. The highest BCUT2D eigenvalue weighted by Crippen LogP contribution is 2.45. The number of hydrogen-bond donors (Lipinski definition) is 3. The molecular weight excluding hydrogens is 446 g/mol. The molecular formula is C25H26F2N2O5. The topological polar surface area (TPSA) is 105 Å². The number of hydrogen-bond acceptors (Lipinski definition) is 4. The minimum Gasteiger partial charge on any atom is -0.481 e. The number of carbonyl (C=O) groups is 3. The van der Waals surface area contributed by atoms with Crippen LogP contribution in [0.1, 0.15) is 42.7 Å². The Balaban J connectivity index is 1.28. The molecule has 0 atom stereocenters. The number of halogens is 2. The number of benzene rings is 2. The Morgan fingerprint density at radius 3 is 2.12 bits per heavy atom. The fraction of sp³-hybridized carbons (Fsp3) is 0.400. The molecule has 0 spiro atoms. The van der Waals surface area contributed by atoms with Crippen LogP contribution in [-0.2, 0) is 14.3 Å². The normalized spacial score (nSPS) is 16.1. The van der Waals surface area contributed by atoms with Gasteiger partial charge in [0.05, 0.1) is 13.0 Å². The molecule has 34 heavy (non-hydrogen) atoms. The molecule has 2 aromatic rings. The summed E-state index contributed by atoms with van der Waals surface area (Å²) in [6.07, 6.45) is 0.683.